The summed E-state index contributed by atoms with van der Waals surface area (Å²) in [7, 11) is 0. The van der Waals surface area contributed by atoms with Crippen LogP contribution in [0.4, 0.5) is 18.9 Å². The summed E-state index contributed by atoms with van der Waals surface area (Å²) in [6.07, 6.45) is -4.42. The average Bonchev–Trinajstić information content (AvgIpc) is 3.14. The lowest BCUT2D eigenvalue weighted by Crippen LogP contribution is -2.11. The number of alkyl halides is 3. The molecule has 1 heterocycles. The third-order valence-electron chi connectivity index (χ3n) is 3.98. The normalized spacial score (nSPS) is 11.3. The highest BCUT2D eigenvalue weighted by atomic mass is 32.2. The van der Waals surface area contributed by atoms with E-state index < -0.39 is 11.7 Å². The minimum atomic E-state index is -4.42. The van der Waals surface area contributed by atoms with Crippen LogP contribution < -0.4 is 5.32 Å². The van der Waals surface area contributed by atoms with E-state index in [2.05, 4.69) is 15.5 Å². The second-order valence-electron chi connectivity index (χ2n) is 6.10. The molecule has 0 unspecified atom stereocenters. The second kappa shape index (κ2) is 9.66. The summed E-state index contributed by atoms with van der Waals surface area (Å²) in [5.74, 6) is 0.193. The molecule has 0 bridgehead atoms. The van der Waals surface area contributed by atoms with Crippen LogP contribution in [0.25, 0.3) is 5.69 Å². The van der Waals surface area contributed by atoms with Crippen LogP contribution >= 0.6 is 11.8 Å². The number of rotatable bonds is 8. The highest BCUT2D eigenvalue weighted by Gasteiger charge is 2.30. The van der Waals surface area contributed by atoms with Crippen molar-refractivity contribution >= 4 is 23.4 Å². The number of carbonyl (C=O) groups excluding carboxylic acids is 1. The van der Waals surface area contributed by atoms with E-state index in [1.54, 1.807) is 17.6 Å². The van der Waals surface area contributed by atoms with Gasteiger partial charge >= 0.3 is 12.1 Å². The Morgan fingerprint density at radius 1 is 1.13 bits per heavy atom. The van der Waals surface area contributed by atoms with Gasteiger partial charge in [-0.15, -0.1) is 10.2 Å². The van der Waals surface area contributed by atoms with Crippen LogP contribution in [0.3, 0.4) is 0 Å². The maximum absolute atomic E-state index is 12.9. The molecule has 10 heteroatoms. The van der Waals surface area contributed by atoms with Gasteiger partial charge in [0.2, 0.25) is 0 Å². The van der Waals surface area contributed by atoms with Gasteiger partial charge in [-0.25, -0.2) is 0 Å². The molecule has 0 atom stereocenters. The molecule has 3 rings (SSSR count). The summed E-state index contributed by atoms with van der Waals surface area (Å²) in [5.41, 5.74) is 0.352. The van der Waals surface area contributed by atoms with Crippen LogP contribution in [-0.4, -0.2) is 33.1 Å². The molecule has 0 fully saturated rings. The van der Waals surface area contributed by atoms with E-state index in [1.807, 2.05) is 30.3 Å². The molecule has 0 aliphatic carbocycles. The van der Waals surface area contributed by atoms with Crippen LogP contribution in [0.1, 0.15) is 18.3 Å². The quantitative estimate of drug-likeness (QED) is 0.413. The number of hydrogen-bond acceptors (Lipinski definition) is 6. The van der Waals surface area contributed by atoms with E-state index in [-0.39, 0.29) is 24.9 Å². The molecule has 1 N–H and O–H groups in total. The number of nitrogens with zero attached hydrogens (tertiary/aromatic N) is 3. The molecule has 158 valence electrons. The van der Waals surface area contributed by atoms with E-state index in [0.717, 1.165) is 17.8 Å². The van der Waals surface area contributed by atoms with Crippen LogP contribution in [-0.2, 0) is 22.3 Å². The van der Waals surface area contributed by atoms with Crippen molar-refractivity contribution in [1.29, 1.82) is 0 Å². The fraction of sp³-hybridized carbons (Fsp3) is 0.250. The molecule has 6 nitrogen and oxygen atoms in total. The van der Waals surface area contributed by atoms with Crippen molar-refractivity contribution in [3.63, 3.8) is 0 Å². The van der Waals surface area contributed by atoms with Crippen molar-refractivity contribution in [1.82, 2.24) is 14.8 Å². The lowest BCUT2D eigenvalue weighted by molar-refractivity contribution is -0.140. The summed E-state index contributed by atoms with van der Waals surface area (Å²) < 4.78 is 45.5. The van der Waals surface area contributed by atoms with Crippen LogP contribution in [0.15, 0.2) is 59.8 Å². The summed E-state index contributed by atoms with van der Waals surface area (Å²) >= 11 is 1.18. The van der Waals surface area contributed by atoms with Crippen molar-refractivity contribution in [3.8, 4) is 5.69 Å². The largest absolute Gasteiger partial charge is 0.465 e. The van der Waals surface area contributed by atoms with Crippen molar-refractivity contribution in [3.05, 3.63) is 66.0 Å². The number of para-hydroxylation sites is 1. The smallest absolute Gasteiger partial charge is 0.416 e. The highest BCUT2D eigenvalue weighted by Crippen LogP contribution is 2.31. The number of hydrogen-bond donors (Lipinski definition) is 1. The number of ether oxygens (including phenoxy) is 1. The Kier molecular flexibility index (Phi) is 6.99. The van der Waals surface area contributed by atoms with Gasteiger partial charge in [0.05, 0.1) is 24.5 Å². The maximum atomic E-state index is 12.9. The molecular formula is C20H19F3N4O2S. The SMILES string of the molecule is CCOC(=O)CSc1nnc(CNc2cccc(C(F)(F)F)c2)n1-c1ccccc1. The number of halogens is 3. The van der Waals surface area contributed by atoms with E-state index in [0.29, 0.717) is 16.7 Å². The zero-order valence-corrected chi connectivity index (χ0v) is 16.8. The molecule has 2 aromatic carbocycles. The highest BCUT2D eigenvalue weighted by molar-refractivity contribution is 7.99. The van der Waals surface area contributed by atoms with Gasteiger partial charge < -0.3 is 10.1 Å². The molecule has 0 amide bonds. The first-order valence-corrected chi connectivity index (χ1v) is 10.1. The molecule has 0 radical (unpaired) electrons. The van der Waals surface area contributed by atoms with Gasteiger partial charge in [-0.05, 0) is 37.3 Å². The van der Waals surface area contributed by atoms with Crippen LogP contribution in [0.2, 0.25) is 0 Å². The Labute approximate surface area is 175 Å². The molecular weight excluding hydrogens is 417 g/mol. The fourth-order valence-corrected chi connectivity index (χ4v) is 3.43. The predicted molar refractivity (Wildman–Crippen MR) is 107 cm³/mol. The molecule has 0 saturated heterocycles. The number of benzene rings is 2. The minimum Gasteiger partial charge on any atom is -0.465 e. The zero-order chi connectivity index (χ0) is 21.6. The topological polar surface area (TPSA) is 69.0 Å². The third kappa shape index (κ3) is 5.53. The molecule has 0 spiro atoms. The van der Waals surface area contributed by atoms with Gasteiger partial charge in [-0.2, -0.15) is 13.2 Å². The summed E-state index contributed by atoms with van der Waals surface area (Å²) in [4.78, 5) is 11.7. The van der Waals surface area contributed by atoms with Crippen LogP contribution in [0.5, 0.6) is 0 Å². The van der Waals surface area contributed by atoms with Gasteiger partial charge in [-0.3, -0.25) is 9.36 Å². The van der Waals surface area contributed by atoms with Crippen molar-refractivity contribution < 1.29 is 22.7 Å². The predicted octanol–water partition coefficient (Wildman–Crippen LogP) is 4.55. The number of esters is 1. The minimum absolute atomic E-state index is 0.0693. The van der Waals surface area contributed by atoms with Gasteiger partial charge in [-0.1, -0.05) is 36.0 Å². The van der Waals surface area contributed by atoms with Crippen molar-refractivity contribution in [2.45, 2.75) is 24.8 Å². The Hall–Kier alpha value is -3.01. The summed E-state index contributed by atoms with van der Waals surface area (Å²) in [6, 6.07) is 14.2. The molecule has 0 saturated carbocycles. The van der Waals surface area contributed by atoms with Gasteiger partial charge in [0, 0.05) is 11.4 Å². The number of aromatic nitrogens is 3. The van der Waals surface area contributed by atoms with E-state index in [1.165, 1.54) is 17.8 Å². The molecule has 3 aromatic rings. The Morgan fingerprint density at radius 3 is 2.60 bits per heavy atom. The molecule has 0 aliphatic rings. The van der Waals surface area contributed by atoms with Gasteiger partial charge in [0.25, 0.3) is 0 Å². The Bertz CT molecular complexity index is 993. The van der Waals surface area contributed by atoms with Gasteiger partial charge in [0.1, 0.15) is 0 Å². The zero-order valence-electron chi connectivity index (χ0n) is 16.0. The van der Waals surface area contributed by atoms with E-state index in [4.69, 9.17) is 4.74 Å². The summed E-state index contributed by atoms with van der Waals surface area (Å²) in [5, 5.41) is 11.7. The monoisotopic (exact) mass is 436 g/mol. The number of thioether (sulfide) groups is 1. The van der Waals surface area contributed by atoms with Crippen LogP contribution in [0, 0.1) is 0 Å². The van der Waals surface area contributed by atoms with Crippen molar-refractivity contribution in [2.24, 2.45) is 0 Å². The second-order valence-corrected chi connectivity index (χ2v) is 7.04. The summed E-state index contributed by atoms with van der Waals surface area (Å²) in [6.45, 7) is 2.16. The first-order chi connectivity index (χ1) is 14.4. The third-order valence-corrected chi connectivity index (χ3v) is 4.88. The first-order valence-electron chi connectivity index (χ1n) is 9.07. The molecule has 0 aliphatic heterocycles. The van der Waals surface area contributed by atoms with Gasteiger partial charge in [0.15, 0.2) is 11.0 Å². The maximum Gasteiger partial charge on any atom is 0.416 e. The lowest BCUT2D eigenvalue weighted by Gasteiger charge is -2.12. The fourth-order valence-electron chi connectivity index (χ4n) is 2.66. The van der Waals surface area contributed by atoms with Crippen molar-refractivity contribution in [2.75, 3.05) is 17.7 Å². The van der Waals surface area contributed by atoms with E-state index >= 15 is 0 Å². The number of anilines is 1. The lowest BCUT2D eigenvalue weighted by atomic mass is 10.2. The number of carbonyl (C=O) groups is 1. The standard InChI is InChI=1S/C20H19F3N4O2S/c1-2-29-18(28)13-30-19-26-25-17(27(19)16-9-4-3-5-10-16)12-24-15-8-6-7-14(11-15)20(21,22)23/h3-11,24H,2,12-13H2,1H3. The number of nitrogens with one attached hydrogen (secondary N) is 1. The van der Waals surface area contributed by atoms with E-state index in [9.17, 15) is 18.0 Å². The average molecular weight is 436 g/mol. The first kappa shape index (κ1) is 21.7. The molecule has 1 aromatic heterocycles. The Morgan fingerprint density at radius 2 is 1.90 bits per heavy atom. The molecule has 30 heavy (non-hydrogen) atoms. The Balaban J connectivity index is 1.82.